The Labute approximate surface area is 148 Å². The molecule has 1 aromatic carbocycles. The van der Waals surface area contributed by atoms with Crippen LogP contribution in [0.1, 0.15) is 18.4 Å². The van der Waals surface area contributed by atoms with Crippen LogP contribution in [0.15, 0.2) is 30.3 Å². The first kappa shape index (κ1) is 17.6. The third kappa shape index (κ3) is 5.40. The molecule has 2 saturated heterocycles. The highest BCUT2D eigenvalue weighted by molar-refractivity contribution is 7.99. The molecule has 0 radical (unpaired) electrons. The highest BCUT2D eigenvalue weighted by Crippen LogP contribution is 2.17. The quantitative estimate of drug-likeness (QED) is 0.884. The van der Waals surface area contributed by atoms with Crippen molar-refractivity contribution in [3.63, 3.8) is 0 Å². The largest absolute Gasteiger partial charge is 0.445 e. The predicted molar refractivity (Wildman–Crippen MR) is 96.3 cm³/mol. The van der Waals surface area contributed by atoms with E-state index >= 15 is 0 Å². The summed E-state index contributed by atoms with van der Waals surface area (Å²) in [6.07, 6.45) is 2.32. The lowest BCUT2D eigenvalue weighted by atomic mass is 10.1. The second-order valence-electron chi connectivity index (χ2n) is 6.30. The number of nitrogens with zero attached hydrogens (tertiary/aromatic N) is 1. The zero-order chi connectivity index (χ0) is 16.6. The minimum atomic E-state index is -0.250. The monoisotopic (exact) mass is 350 g/mol. The summed E-state index contributed by atoms with van der Waals surface area (Å²) in [5, 5.41) is 3.58. The van der Waals surface area contributed by atoms with E-state index in [1.807, 2.05) is 42.1 Å². The van der Waals surface area contributed by atoms with E-state index in [4.69, 9.17) is 9.47 Å². The van der Waals surface area contributed by atoms with Crippen molar-refractivity contribution in [3.05, 3.63) is 35.9 Å². The van der Waals surface area contributed by atoms with E-state index in [2.05, 4.69) is 5.32 Å². The van der Waals surface area contributed by atoms with E-state index in [-0.39, 0.29) is 12.2 Å². The summed E-state index contributed by atoms with van der Waals surface area (Å²) in [7, 11) is 0. The van der Waals surface area contributed by atoms with E-state index in [0.29, 0.717) is 32.3 Å². The van der Waals surface area contributed by atoms with Gasteiger partial charge in [0.15, 0.2) is 0 Å². The Kier molecular flexibility index (Phi) is 6.81. The minimum Gasteiger partial charge on any atom is -0.445 e. The van der Waals surface area contributed by atoms with Crippen molar-refractivity contribution in [2.45, 2.75) is 31.6 Å². The van der Waals surface area contributed by atoms with Crippen molar-refractivity contribution in [2.24, 2.45) is 0 Å². The first-order chi connectivity index (χ1) is 11.8. The number of hydrogen-bond acceptors (Lipinski definition) is 5. The van der Waals surface area contributed by atoms with Gasteiger partial charge in [-0.05, 0) is 24.2 Å². The van der Waals surface area contributed by atoms with E-state index < -0.39 is 0 Å². The van der Waals surface area contributed by atoms with Gasteiger partial charge in [-0.3, -0.25) is 0 Å². The first-order valence-electron chi connectivity index (χ1n) is 8.69. The van der Waals surface area contributed by atoms with E-state index in [9.17, 15) is 4.79 Å². The molecule has 5 nitrogen and oxygen atoms in total. The van der Waals surface area contributed by atoms with Crippen molar-refractivity contribution >= 4 is 17.9 Å². The Morgan fingerprint density at radius 2 is 2.25 bits per heavy atom. The van der Waals surface area contributed by atoms with Crippen LogP contribution in [0.2, 0.25) is 0 Å². The average Bonchev–Trinajstić information content (AvgIpc) is 2.66. The van der Waals surface area contributed by atoms with Gasteiger partial charge in [-0.15, -0.1) is 0 Å². The number of benzene rings is 1. The molecule has 2 atom stereocenters. The van der Waals surface area contributed by atoms with Crippen molar-refractivity contribution in [3.8, 4) is 0 Å². The van der Waals surface area contributed by atoms with Crippen LogP contribution in [0.4, 0.5) is 4.79 Å². The molecular weight excluding hydrogens is 324 g/mol. The molecule has 1 N–H and O–H groups in total. The number of hydrogen-bond donors (Lipinski definition) is 1. The number of thioether (sulfide) groups is 1. The maximum absolute atomic E-state index is 12.2. The molecule has 24 heavy (non-hydrogen) atoms. The molecule has 2 fully saturated rings. The maximum atomic E-state index is 12.2. The summed E-state index contributed by atoms with van der Waals surface area (Å²) in [5.74, 6) is 2.45. The van der Waals surface area contributed by atoms with Gasteiger partial charge in [-0.1, -0.05) is 30.3 Å². The number of nitrogens with one attached hydrogen (secondary N) is 1. The number of carbonyl (C=O) groups is 1. The molecule has 2 heterocycles. The smallest absolute Gasteiger partial charge is 0.410 e. The standard InChI is InChI=1S/C18H26N2O3S/c21-18(23-13-15-5-2-1-3-6-15)20-8-9-22-17(12-20)11-19-16-7-4-10-24-14-16/h1-3,5-6,16-17,19H,4,7-14H2. The van der Waals surface area contributed by atoms with Gasteiger partial charge in [0.05, 0.1) is 19.3 Å². The summed E-state index contributed by atoms with van der Waals surface area (Å²) >= 11 is 2.01. The minimum absolute atomic E-state index is 0.0509. The number of rotatable bonds is 5. The molecule has 2 aliphatic rings. The molecule has 3 rings (SSSR count). The molecule has 0 saturated carbocycles. The molecule has 0 spiro atoms. The summed E-state index contributed by atoms with van der Waals surface area (Å²) in [6.45, 7) is 2.89. The number of ether oxygens (including phenoxy) is 2. The summed E-state index contributed by atoms with van der Waals surface area (Å²) < 4.78 is 11.2. The highest BCUT2D eigenvalue weighted by Gasteiger charge is 2.26. The van der Waals surface area contributed by atoms with Crippen LogP contribution in [0.25, 0.3) is 0 Å². The van der Waals surface area contributed by atoms with Gasteiger partial charge in [0.1, 0.15) is 6.61 Å². The van der Waals surface area contributed by atoms with Crippen LogP contribution in [-0.2, 0) is 16.1 Å². The SMILES string of the molecule is O=C(OCc1ccccc1)N1CCOC(CNC2CCCSC2)C1. The van der Waals surface area contributed by atoms with Gasteiger partial charge in [-0.25, -0.2) is 4.79 Å². The number of amides is 1. The van der Waals surface area contributed by atoms with Gasteiger partial charge in [0, 0.05) is 24.9 Å². The summed E-state index contributed by atoms with van der Waals surface area (Å²) in [5.41, 5.74) is 1.01. The van der Waals surface area contributed by atoms with Gasteiger partial charge < -0.3 is 19.7 Å². The second kappa shape index (κ2) is 9.30. The fourth-order valence-electron chi connectivity index (χ4n) is 3.02. The Morgan fingerprint density at radius 1 is 1.38 bits per heavy atom. The topological polar surface area (TPSA) is 50.8 Å². The second-order valence-corrected chi connectivity index (χ2v) is 7.45. The molecule has 1 amide bonds. The number of carbonyl (C=O) groups excluding carboxylic acids is 1. The van der Waals surface area contributed by atoms with Crippen LogP contribution >= 0.6 is 11.8 Å². The zero-order valence-corrected chi connectivity index (χ0v) is 14.8. The Balaban J connectivity index is 1.40. The lowest BCUT2D eigenvalue weighted by Crippen LogP contribution is -2.50. The van der Waals surface area contributed by atoms with Gasteiger partial charge in [-0.2, -0.15) is 11.8 Å². The van der Waals surface area contributed by atoms with Gasteiger partial charge in [0.2, 0.25) is 0 Å². The van der Waals surface area contributed by atoms with Crippen LogP contribution < -0.4 is 5.32 Å². The van der Waals surface area contributed by atoms with Gasteiger partial charge >= 0.3 is 6.09 Å². The molecule has 2 aliphatic heterocycles. The molecule has 1 aromatic rings. The number of morpholine rings is 1. The highest BCUT2D eigenvalue weighted by atomic mass is 32.2. The summed E-state index contributed by atoms with van der Waals surface area (Å²) in [4.78, 5) is 14.0. The summed E-state index contributed by atoms with van der Waals surface area (Å²) in [6, 6.07) is 10.3. The van der Waals surface area contributed by atoms with Crippen LogP contribution in [0, 0.1) is 0 Å². The maximum Gasteiger partial charge on any atom is 0.410 e. The van der Waals surface area contributed by atoms with E-state index in [1.165, 1.54) is 24.3 Å². The molecule has 132 valence electrons. The van der Waals surface area contributed by atoms with Crippen LogP contribution in [0.5, 0.6) is 0 Å². The van der Waals surface area contributed by atoms with Crippen molar-refractivity contribution < 1.29 is 14.3 Å². The Bertz CT molecular complexity index is 508. The Morgan fingerprint density at radius 3 is 3.04 bits per heavy atom. The van der Waals surface area contributed by atoms with Crippen molar-refractivity contribution in [1.82, 2.24) is 10.2 Å². The lowest BCUT2D eigenvalue weighted by Gasteiger charge is -2.33. The molecule has 6 heteroatoms. The fourth-order valence-corrected chi connectivity index (χ4v) is 4.13. The van der Waals surface area contributed by atoms with Crippen molar-refractivity contribution in [1.29, 1.82) is 0 Å². The van der Waals surface area contributed by atoms with E-state index in [0.717, 1.165) is 12.1 Å². The molecule has 0 bridgehead atoms. The zero-order valence-electron chi connectivity index (χ0n) is 14.0. The lowest BCUT2D eigenvalue weighted by molar-refractivity contribution is -0.0278. The van der Waals surface area contributed by atoms with Crippen LogP contribution in [-0.4, -0.2) is 60.9 Å². The fraction of sp³-hybridized carbons (Fsp3) is 0.611. The first-order valence-corrected chi connectivity index (χ1v) is 9.85. The molecule has 2 unspecified atom stereocenters. The van der Waals surface area contributed by atoms with Crippen LogP contribution in [0.3, 0.4) is 0 Å². The normalized spacial score (nSPS) is 24.6. The third-order valence-corrected chi connectivity index (χ3v) is 5.61. The van der Waals surface area contributed by atoms with Crippen molar-refractivity contribution in [2.75, 3.05) is 37.7 Å². The average molecular weight is 350 g/mol. The molecule has 0 aliphatic carbocycles. The molecule has 0 aromatic heterocycles. The predicted octanol–water partition coefficient (Wildman–Crippen LogP) is 2.51. The Hall–Kier alpha value is -1.24. The molecular formula is C18H26N2O3S. The van der Waals surface area contributed by atoms with E-state index in [1.54, 1.807) is 4.90 Å². The van der Waals surface area contributed by atoms with Gasteiger partial charge in [0.25, 0.3) is 0 Å². The third-order valence-electron chi connectivity index (χ3n) is 4.40.